The molecule has 1 saturated carbocycles. The molecule has 1 amide bonds. The van der Waals surface area contributed by atoms with Crippen LogP contribution in [0, 0.1) is 13.8 Å². The first-order valence-corrected chi connectivity index (χ1v) is 12.3. The molecular weight excluding hydrogens is 430 g/mol. The molecule has 1 saturated heterocycles. The van der Waals surface area contributed by atoms with Crippen molar-refractivity contribution in [2.45, 2.75) is 52.0 Å². The number of nitrogens with zero attached hydrogens (tertiary/aromatic N) is 3. The van der Waals surface area contributed by atoms with E-state index >= 15 is 0 Å². The third kappa shape index (κ3) is 5.14. The van der Waals surface area contributed by atoms with Gasteiger partial charge >= 0.3 is 0 Å². The quantitative estimate of drug-likeness (QED) is 0.553. The van der Waals surface area contributed by atoms with Crippen LogP contribution in [0.1, 0.15) is 59.0 Å². The summed E-state index contributed by atoms with van der Waals surface area (Å²) in [5, 5.41) is 0. The summed E-state index contributed by atoms with van der Waals surface area (Å²) in [4.78, 5) is 30.0. The van der Waals surface area contributed by atoms with Crippen molar-refractivity contribution in [3.63, 3.8) is 0 Å². The summed E-state index contributed by atoms with van der Waals surface area (Å²) in [5.41, 5.74) is 4.06. The molecule has 0 N–H and O–H groups in total. The Hall–Kier alpha value is -2.80. The van der Waals surface area contributed by atoms with Gasteiger partial charge in [0.15, 0.2) is 17.3 Å². The molecule has 1 aliphatic heterocycles. The van der Waals surface area contributed by atoms with Crippen molar-refractivity contribution in [1.82, 2.24) is 14.4 Å². The van der Waals surface area contributed by atoms with E-state index < -0.39 is 0 Å². The van der Waals surface area contributed by atoms with E-state index in [4.69, 9.17) is 9.47 Å². The van der Waals surface area contributed by atoms with Gasteiger partial charge in [-0.25, -0.2) is 0 Å². The van der Waals surface area contributed by atoms with Crippen LogP contribution in [0.3, 0.4) is 0 Å². The fourth-order valence-corrected chi connectivity index (χ4v) is 5.50. The topological polar surface area (TPSA) is 64.0 Å². The highest BCUT2D eigenvalue weighted by atomic mass is 16.5. The number of ketones is 1. The summed E-state index contributed by atoms with van der Waals surface area (Å²) in [6.45, 7) is 7.32. The predicted octanol–water partition coefficient (Wildman–Crippen LogP) is 3.81. The summed E-state index contributed by atoms with van der Waals surface area (Å²) < 4.78 is 13.0. The number of hydrogen-bond acceptors (Lipinski definition) is 5. The van der Waals surface area contributed by atoms with Gasteiger partial charge in [0, 0.05) is 49.2 Å². The fourth-order valence-electron chi connectivity index (χ4n) is 5.50. The molecule has 1 aromatic heterocycles. The van der Waals surface area contributed by atoms with E-state index in [0.717, 1.165) is 16.8 Å². The average Bonchev–Trinajstić information content (AvgIpc) is 3.46. The molecule has 7 heteroatoms. The lowest BCUT2D eigenvalue weighted by Gasteiger charge is -2.34. The van der Waals surface area contributed by atoms with Crippen LogP contribution in [-0.2, 0) is 11.2 Å². The number of rotatable bonds is 8. The van der Waals surface area contributed by atoms with Crippen LogP contribution in [-0.4, -0.2) is 73.0 Å². The number of methoxy groups -OCH3 is 2. The molecular formula is C27H37N3O4. The monoisotopic (exact) mass is 467 g/mol. The van der Waals surface area contributed by atoms with Gasteiger partial charge in [0.25, 0.3) is 0 Å². The number of ether oxygens (including phenoxy) is 2. The van der Waals surface area contributed by atoms with Gasteiger partial charge in [0.1, 0.15) is 0 Å². The number of aromatic nitrogens is 1. The third-order valence-electron chi connectivity index (χ3n) is 7.37. The van der Waals surface area contributed by atoms with Crippen LogP contribution < -0.4 is 9.47 Å². The Bertz CT molecular complexity index is 1030. The molecule has 7 nitrogen and oxygen atoms in total. The van der Waals surface area contributed by atoms with Crippen molar-refractivity contribution in [3.05, 3.63) is 46.8 Å². The first kappa shape index (κ1) is 24.3. The number of carbonyl (C=O) groups is 2. The number of carbonyl (C=O) groups excluding carboxylic acids is 2. The van der Waals surface area contributed by atoms with Crippen LogP contribution in [0.25, 0.3) is 0 Å². The summed E-state index contributed by atoms with van der Waals surface area (Å²) >= 11 is 0. The summed E-state index contributed by atoms with van der Waals surface area (Å²) in [5.74, 6) is 1.56. The van der Waals surface area contributed by atoms with Crippen molar-refractivity contribution in [1.29, 1.82) is 0 Å². The maximum Gasteiger partial charge on any atom is 0.227 e. The van der Waals surface area contributed by atoms with Gasteiger partial charge < -0.3 is 18.9 Å². The van der Waals surface area contributed by atoms with E-state index in [0.29, 0.717) is 56.7 Å². The minimum Gasteiger partial charge on any atom is -0.493 e. The zero-order chi connectivity index (χ0) is 24.2. The van der Waals surface area contributed by atoms with E-state index in [9.17, 15) is 9.59 Å². The van der Waals surface area contributed by atoms with E-state index in [1.165, 1.54) is 31.4 Å². The molecule has 1 aliphatic carbocycles. The second kappa shape index (κ2) is 10.6. The van der Waals surface area contributed by atoms with Gasteiger partial charge in [-0.1, -0.05) is 18.9 Å². The predicted molar refractivity (Wildman–Crippen MR) is 132 cm³/mol. The second-order valence-corrected chi connectivity index (χ2v) is 9.54. The van der Waals surface area contributed by atoms with Crippen LogP contribution >= 0.6 is 0 Å². The lowest BCUT2D eigenvalue weighted by Crippen LogP contribution is -2.50. The molecule has 4 rings (SSSR count). The number of Topliss-reactive ketones (excluding diaryl/α,β-unsaturated/α-hetero) is 1. The van der Waals surface area contributed by atoms with E-state index in [1.54, 1.807) is 14.2 Å². The number of aryl methyl sites for hydroxylation is 1. The van der Waals surface area contributed by atoms with Gasteiger partial charge in [-0.2, -0.15) is 0 Å². The Morgan fingerprint density at radius 1 is 0.941 bits per heavy atom. The van der Waals surface area contributed by atoms with Crippen molar-refractivity contribution < 1.29 is 19.1 Å². The molecule has 184 valence electrons. The Morgan fingerprint density at radius 2 is 1.62 bits per heavy atom. The minimum absolute atomic E-state index is 0.0957. The van der Waals surface area contributed by atoms with Crippen molar-refractivity contribution in [2.75, 3.05) is 46.9 Å². The molecule has 2 aliphatic rings. The Labute approximate surface area is 202 Å². The summed E-state index contributed by atoms with van der Waals surface area (Å²) in [7, 11) is 3.19. The highest BCUT2D eigenvalue weighted by Gasteiger charge is 2.26. The highest BCUT2D eigenvalue weighted by Crippen LogP contribution is 2.33. The molecule has 0 atom stereocenters. The fraction of sp³-hybridized carbons (Fsp3) is 0.556. The zero-order valence-corrected chi connectivity index (χ0v) is 20.9. The first-order chi connectivity index (χ1) is 16.4. The van der Waals surface area contributed by atoms with Gasteiger partial charge in [0.05, 0.1) is 27.2 Å². The van der Waals surface area contributed by atoms with Crippen LogP contribution in [0.2, 0.25) is 0 Å². The Morgan fingerprint density at radius 3 is 2.26 bits per heavy atom. The smallest absolute Gasteiger partial charge is 0.227 e. The van der Waals surface area contributed by atoms with E-state index in [-0.39, 0.29) is 11.7 Å². The summed E-state index contributed by atoms with van der Waals surface area (Å²) in [6, 6.07) is 8.19. The van der Waals surface area contributed by atoms with Gasteiger partial charge in [-0.05, 0) is 50.5 Å². The van der Waals surface area contributed by atoms with Gasteiger partial charge in [-0.15, -0.1) is 0 Å². The normalized spacial score (nSPS) is 17.2. The Balaban J connectivity index is 1.31. The number of amides is 1. The highest BCUT2D eigenvalue weighted by molar-refractivity contribution is 5.99. The van der Waals surface area contributed by atoms with E-state index in [1.807, 2.05) is 23.1 Å². The molecule has 0 bridgehead atoms. The maximum absolute atomic E-state index is 13.1. The number of benzene rings is 1. The zero-order valence-electron chi connectivity index (χ0n) is 20.9. The molecule has 2 aromatic rings. The van der Waals surface area contributed by atoms with Crippen LogP contribution in [0.15, 0.2) is 24.3 Å². The maximum atomic E-state index is 13.1. The largest absolute Gasteiger partial charge is 0.493 e. The molecule has 0 unspecified atom stereocenters. The van der Waals surface area contributed by atoms with Crippen LogP contribution in [0.4, 0.5) is 0 Å². The lowest BCUT2D eigenvalue weighted by atomic mass is 10.1. The average molecular weight is 468 g/mol. The third-order valence-corrected chi connectivity index (χ3v) is 7.37. The van der Waals surface area contributed by atoms with Crippen molar-refractivity contribution in [3.8, 4) is 11.5 Å². The first-order valence-electron chi connectivity index (χ1n) is 12.3. The molecule has 2 heterocycles. The SMILES string of the molecule is COc1ccc(CC(=O)N2CCN(CC(=O)c3cc(C)n(C4CCCC4)c3C)CC2)cc1OC. The standard InChI is InChI=1S/C27H37N3O4/c1-19-15-23(20(2)30(19)22-7-5-6-8-22)24(31)18-28-11-13-29(14-12-28)27(32)17-21-9-10-25(33-3)26(16-21)34-4/h9-10,15-16,22H,5-8,11-14,17-18H2,1-4H3. The van der Waals surface area contributed by atoms with Crippen LogP contribution in [0.5, 0.6) is 11.5 Å². The minimum atomic E-state index is 0.0957. The van der Waals surface area contributed by atoms with E-state index in [2.05, 4.69) is 29.4 Å². The summed E-state index contributed by atoms with van der Waals surface area (Å²) in [6.07, 6.45) is 5.30. The van der Waals surface area contributed by atoms with Gasteiger partial charge in [-0.3, -0.25) is 14.5 Å². The van der Waals surface area contributed by atoms with Crippen molar-refractivity contribution in [2.24, 2.45) is 0 Å². The molecule has 1 aromatic carbocycles. The molecule has 0 spiro atoms. The second-order valence-electron chi connectivity index (χ2n) is 9.54. The Kier molecular flexibility index (Phi) is 7.61. The molecule has 0 radical (unpaired) electrons. The lowest BCUT2D eigenvalue weighted by molar-refractivity contribution is -0.132. The number of hydrogen-bond donors (Lipinski definition) is 0. The molecule has 34 heavy (non-hydrogen) atoms. The molecule has 2 fully saturated rings. The van der Waals surface area contributed by atoms with Crippen molar-refractivity contribution >= 4 is 11.7 Å². The number of piperazine rings is 1. The van der Waals surface area contributed by atoms with Gasteiger partial charge in [0.2, 0.25) is 5.91 Å².